The molecule has 4 aliphatic rings. The van der Waals surface area contributed by atoms with Crippen LogP contribution in [0.25, 0.3) is 0 Å². The van der Waals surface area contributed by atoms with Gasteiger partial charge in [0.2, 0.25) is 0 Å². The molecular weight excluding hydrogens is 408 g/mol. The minimum atomic E-state index is -1.01. The van der Waals surface area contributed by atoms with E-state index in [4.69, 9.17) is 0 Å². The molecule has 5 unspecified atom stereocenters. The number of fused-ring (bicyclic) bond motifs is 4. The van der Waals surface area contributed by atoms with Crippen LogP contribution in [0.2, 0.25) is 0 Å². The molecule has 2 fully saturated rings. The van der Waals surface area contributed by atoms with Crippen LogP contribution in [0.15, 0.2) is 47.1 Å². The Labute approximate surface area is 198 Å². The summed E-state index contributed by atoms with van der Waals surface area (Å²) >= 11 is 0. The fraction of sp³-hybridized carbons (Fsp3) is 0.567. The van der Waals surface area contributed by atoms with E-state index >= 15 is 0 Å². The molecule has 3 nitrogen and oxygen atoms in total. The summed E-state index contributed by atoms with van der Waals surface area (Å²) in [5.41, 5.74) is 4.66. The molecule has 1 aromatic carbocycles. The van der Waals surface area contributed by atoms with Gasteiger partial charge in [0, 0.05) is 23.3 Å². The maximum atomic E-state index is 12.2. The van der Waals surface area contributed by atoms with Crippen molar-refractivity contribution in [2.75, 3.05) is 0 Å². The van der Waals surface area contributed by atoms with Crippen molar-refractivity contribution in [1.82, 2.24) is 0 Å². The van der Waals surface area contributed by atoms with Crippen molar-refractivity contribution in [1.29, 1.82) is 0 Å². The Morgan fingerprint density at radius 3 is 2.48 bits per heavy atom. The first-order valence-electron chi connectivity index (χ1n) is 12.5. The van der Waals surface area contributed by atoms with E-state index in [1.54, 1.807) is 19.4 Å². The van der Waals surface area contributed by atoms with Crippen molar-refractivity contribution in [3.8, 4) is 11.8 Å². The van der Waals surface area contributed by atoms with Crippen LogP contribution in [0.5, 0.6) is 0 Å². The molecule has 5 atom stereocenters. The van der Waals surface area contributed by atoms with Gasteiger partial charge in [-0.15, -0.1) is 0 Å². The molecule has 33 heavy (non-hydrogen) atoms. The zero-order valence-electron chi connectivity index (χ0n) is 20.4. The fourth-order valence-corrected chi connectivity index (χ4v) is 7.20. The summed E-state index contributed by atoms with van der Waals surface area (Å²) in [6.07, 6.45) is 8.35. The van der Waals surface area contributed by atoms with Crippen LogP contribution in [0.1, 0.15) is 89.7 Å². The molecule has 174 valence electrons. The quantitative estimate of drug-likeness (QED) is 0.566. The van der Waals surface area contributed by atoms with Crippen molar-refractivity contribution in [3.63, 3.8) is 0 Å². The molecule has 2 saturated carbocycles. The highest BCUT2D eigenvalue weighted by molar-refractivity contribution is 5.93. The molecule has 0 bridgehead atoms. The van der Waals surface area contributed by atoms with Gasteiger partial charge in [-0.2, -0.15) is 0 Å². The van der Waals surface area contributed by atoms with Crippen molar-refractivity contribution in [2.45, 2.75) is 89.8 Å². The van der Waals surface area contributed by atoms with Crippen LogP contribution in [0.4, 0.5) is 0 Å². The second-order valence-corrected chi connectivity index (χ2v) is 11.7. The predicted octanol–water partition coefficient (Wildman–Crippen LogP) is 5.46. The van der Waals surface area contributed by atoms with Gasteiger partial charge in [0.05, 0.1) is 5.60 Å². The Morgan fingerprint density at radius 2 is 1.79 bits per heavy atom. The lowest BCUT2D eigenvalue weighted by molar-refractivity contribution is -0.114. The Balaban J connectivity index is 1.60. The fourth-order valence-electron chi connectivity index (χ4n) is 7.20. The van der Waals surface area contributed by atoms with E-state index in [0.717, 1.165) is 44.1 Å². The van der Waals surface area contributed by atoms with Crippen LogP contribution in [-0.2, 0) is 4.79 Å². The minimum Gasteiger partial charge on any atom is -0.390 e. The first-order chi connectivity index (χ1) is 15.5. The summed E-state index contributed by atoms with van der Waals surface area (Å²) < 4.78 is 0. The number of allylic oxidation sites excluding steroid dienone is 4. The van der Waals surface area contributed by atoms with Gasteiger partial charge in [0.15, 0.2) is 5.78 Å². The molecule has 0 aromatic heterocycles. The van der Waals surface area contributed by atoms with Crippen molar-refractivity contribution in [3.05, 3.63) is 58.2 Å². The number of hydrogen-bond donors (Lipinski definition) is 2. The lowest BCUT2D eigenvalue weighted by Gasteiger charge is -2.54. The zero-order chi connectivity index (χ0) is 23.6. The summed E-state index contributed by atoms with van der Waals surface area (Å²) in [4.78, 5) is 12.2. The van der Waals surface area contributed by atoms with E-state index in [-0.39, 0.29) is 17.1 Å². The standard InChI is InChI=1S/C30H36O3/c1-28(2,32)15-13-19-5-7-20(8-6-19)25-18-29(3)26(14-16-30(29,4)33)24-11-9-21-17-22(31)10-12-23(21)27(24)25/h5-8,17,24-26,32-33H,9-12,14,16,18H2,1-4H3. The van der Waals surface area contributed by atoms with E-state index < -0.39 is 11.2 Å². The Hall–Kier alpha value is -2.15. The van der Waals surface area contributed by atoms with Gasteiger partial charge in [0.25, 0.3) is 0 Å². The minimum absolute atomic E-state index is 0.114. The zero-order valence-corrected chi connectivity index (χ0v) is 20.4. The summed E-state index contributed by atoms with van der Waals surface area (Å²) in [5, 5.41) is 21.4. The van der Waals surface area contributed by atoms with Crippen LogP contribution >= 0.6 is 0 Å². The van der Waals surface area contributed by atoms with Gasteiger partial charge < -0.3 is 10.2 Å². The van der Waals surface area contributed by atoms with E-state index in [0.29, 0.717) is 18.3 Å². The SMILES string of the molecule is CC(C)(O)C#Cc1ccc(C2CC3(C)C(CCC3(C)O)C3CCC4=CC(=O)CCC4=C23)cc1. The average Bonchev–Trinajstić information content (AvgIpc) is 3.00. The normalized spacial score (nSPS) is 35.8. The molecule has 0 heterocycles. The van der Waals surface area contributed by atoms with Crippen molar-refractivity contribution < 1.29 is 15.0 Å². The molecule has 0 aliphatic heterocycles. The second-order valence-electron chi connectivity index (χ2n) is 11.7. The van der Waals surface area contributed by atoms with Crippen molar-refractivity contribution >= 4 is 5.78 Å². The first kappa shape index (κ1) is 22.6. The lowest BCUT2D eigenvalue weighted by atomic mass is 9.51. The Bertz CT molecular complexity index is 1100. The number of hydrogen-bond acceptors (Lipinski definition) is 3. The van der Waals surface area contributed by atoms with Gasteiger partial charge in [-0.1, -0.05) is 36.5 Å². The van der Waals surface area contributed by atoms with Crippen LogP contribution in [0.3, 0.4) is 0 Å². The van der Waals surface area contributed by atoms with Crippen LogP contribution < -0.4 is 0 Å². The molecular formula is C30H36O3. The van der Waals surface area contributed by atoms with Gasteiger partial charge >= 0.3 is 0 Å². The van der Waals surface area contributed by atoms with E-state index in [1.807, 2.05) is 13.0 Å². The third-order valence-corrected chi connectivity index (χ3v) is 9.12. The second kappa shape index (κ2) is 7.69. The Morgan fingerprint density at radius 1 is 1.06 bits per heavy atom. The summed E-state index contributed by atoms with van der Waals surface area (Å²) in [6.45, 7) is 7.75. The number of rotatable bonds is 1. The molecule has 0 amide bonds. The molecule has 0 saturated heterocycles. The molecule has 2 N–H and O–H groups in total. The highest BCUT2D eigenvalue weighted by atomic mass is 16.3. The largest absolute Gasteiger partial charge is 0.390 e. The van der Waals surface area contributed by atoms with Crippen molar-refractivity contribution in [2.24, 2.45) is 17.3 Å². The first-order valence-corrected chi connectivity index (χ1v) is 12.5. The molecule has 3 heteroatoms. The lowest BCUT2D eigenvalue weighted by Crippen LogP contribution is -2.50. The summed E-state index contributed by atoms with van der Waals surface area (Å²) in [6, 6.07) is 8.48. The molecule has 0 spiro atoms. The molecule has 5 rings (SSSR count). The number of ketones is 1. The van der Waals surface area contributed by atoms with E-state index in [9.17, 15) is 15.0 Å². The maximum absolute atomic E-state index is 12.2. The highest BCUT2D eigenvalue weighted by Crippen LogP contribution is 2.66. The maximum Gasteiger partial charge on any atom is 0.156 e. The number of benzene rings is 1. The van der Waals surface area contributed by atoms with Gasteiger partial charge in [-0.05, 0) is 106 Å². The smallest absolute Gasteiger partial charge is 0.156 e. The number of carbonyl (C=O) groups excluding carboxylic acids is 1. The number of aliphatic hydroxyl groups is 2. The number of carbonyl (C=O) groups is 1. The van der Waals surface area contributed by atoms with E-state index in [1.165, 1.54) is 16.7 Å². The summed E-state index contributed by atoms with van der Waals surface area (Å²) in [7, 11) is 0. The van der Waals surface area contributed by atoms with Gasteiger partial charge in [-0.25, -0.2) is 0 Å². The molecule has 0 radical (unpaired) electrons. The average molecular weight is 445 g/mol. The third kappa shape index (κ3) is 3.82. The van der Waals surface area contributed by atoms with Crippen LogP contribution in [-0.4, -0.2) is 27.2 Å². The highest BCUT2D eigenvalue weighted by Gasteiger charge is 2.60. The van der Waals surface area contributed by atoms with E-state index in [2.05, 4.69) is 43.0 Å². The molecule has 1 aromatic rings. The predicted molar refractivity (Wildman–Crippen MR) is 131 cm³/mol. The topological polar surface area (TPSA) is 57.5 Å². The monoisotopic (exact) mass is 444 g/mol. The van der Waals surface area contributed by atoms with Gasteiger partial charge in [-0.3, -0.25) is 4.79 Å². The molecule has 4 aliphatic carbocycles. The van der Waals surface area contributed by atoms with Crippen LogP contribution in [0, 0.1) is 29.1 Å². The Kier molecular flexibility index (Phi) is 5.27. The van der Waals surface area contributed by atoms with Gasteiger partial charge in [0.1, 0.15) is 5.60 Å². The third-order valence-electron chi connectivity index (χ3n) is 9.12. The summed E-state index contributed by atoms with van der Waals surface area (Å²) in [5.74, 6) is 7.48.